The molecule has 6 nitrogen and oxygen atoms in total. The van der Waals surface area contributed by atoms with Crippen LogP contribution in [-0.2, 0) is 0 Å². The van der Waals surface area contributed by atoms with Crippen LogP contribution in [-0.4, -0.2) is 40.1 Å². The summed E-state index contributed by atoms with van der Waals surface area (Å²) < 4.78 is 5.50. The number of aromatic nitrogens is 2. The molecular weight excluding hydrogens is 316 g/mol. The summed E-state index contributed by atoms with van der Waals surface area (Å²) in [6, 6.07) is 2.18. The molecule has 1 amide bonds. The molecule has 2 atom stereocenters. The lowest BCUT2D eigenvalue weighted by Gasteiger charge is -2.22. The standard InChI is InChI=1S/C19H26N4O2/c1-10(2)17-16-14(19(24)23-9-12(8-20)6-11(23)3)7-15(13-4-5-13)21-18(16)25-22-17/h7,10-13H,4-6,8-9,20H2,1-3H3. The highest BCUT2D eigenvalue weighted by atomic mass is 16.5. The molecule has 134 valence electrons. The molecule has 3 heterocycles. The molecule has 2 unspecified atom stereocenters. The fourth-order valence-electron chi connectivity index (χ4n) is 3.89. The zero-order valence-electron chi connectivity index (χ0n) is 15.2. The van der Waals surface area contributed by atoms with Gasteiger partial charge in [-0.15, -0.1) is 0 Å². The van der Waals surface area contributed by atoms with Crippen molar-refractivity contribution < 1.29 is 9.32 Å². The summed E-state index contributed by atoms with van der Waals surface area (Å²) in [4.78, 5) is 20.0. The van der Waals surface area contributed by atoms with Crippen LogP contribution in [0, 0.1) is 5.92 Å². The van der Waals surface area contributed by atoms with E-state index in [2.05, 4.69) is 30.9 Å². The van der Waals surface area contributed by atoms with Crippen molar-refractivity contribution in [1.29, 1.82) is 0 Å². The predicted molar refractivity (Wildman–Crippen MR) is 95.5 cm³/mol. The van der Waals surface area contributed by atoms with Crippen LogP contribution in [0.2, 0.25) is 0 Å². The van der Waals surface area contributed by atoms with Crippen molar-refractivity contribution in [3.63, 3.8) is 0 Å². The number of carbonyl (C=O) groups is 1. The maximum Gasteiger partial charge on any atom is 0.259 e. The second-order valence-corrected chi connectivity index (χ2v) is 7.92. The Balaban J connectivity index is 1.81. The zero-order valence-corrected chi connectivity index (χ0v) is 15.2. The van der Waals surface area contributed by atoms with Crippen molar-refractivity contribution in [2.75, 3.05) is 13.1 Å². The summed E-state index contributed by atoms with van der Waals surface area (Å²) in [5.41, 5.74) is 8.81. The largest absolute Gasteiger partial charge is 0.336 e. The van der Waals surface area contributed by atoms with Gasteiger partial charge in [-0.3, -0.25) is 4.79 Å². The molecule has 1 aliphatic carbocycles. The number of nitrogens with two attached hydrogens (primary N) is 1. The Labute approximate surface area is 147 Å². The molecule has 0 bridgehead atoms. The highest BCUT2D eigenvalue weighted by molar-refractivity contribution is 6.06. The lowest BCUT2D eigenvalue weighted by molar-refractivity contribution is 0.0745. The molecule has 0 radical (unpaired) electrons. The summed E-state index contributed by atoms with van der Waals surface area (Å²) in [6.07, 6.45) is 3.23. The summed E-state index contributed by atoms with van der Waals surface area (Å²) in [7, 11) is 0. The van der Waals surface area contributed by atoms with Crippen molar-refractivity contribution in [1.82, 2.24) is 15.0 Å². The molecule has 1 aliphatic heterocycles. The summed E-state index contributed by atoms with van der Waals surface area (Å²) in [5, 5.41) is 4.99. The van der Waals surface area contributed by atoms with E-state index in [1.165, 1.54) is 0 Å². The SMILES string of the molecule is CC(C)c1noc2nc(C3CC3)cc(C(=O)N3CC(CN)CC3C)c12. The number of hydrogen-bond donors (Lipinski definition) is 1. The summed E-state index contributed by atoms with van der Waals surface area (Å²) >= 11 is 0. The smallest absolute Gasteiger partial charge is 0.259 e. The Bertz CT molecular complexity index is 809. The molecule has 2 aromatic heterocycles. The molecule has 2 N–H and O–H groups in total. The van der Waals surface area contributed by atoms with Crippen LogP contribution in [0.5, 0.6) is 0 Å². The molecule has 1 saturated heterocycles. The average Bonchev–Trinajstić information content (AvgIpc) is 3.24. The van der Waals surface area contributed by atoms with E-state index in [4.69, 9.17) is 10.3 Å². The summed E-state index contributed by atoms with van der Waals surface area (Å²) in [5.74, 6) is 1.07. The van der Waals surface area contributed by atoms with E-state index in [1.54, 1.807) is 0 Å². The van der Waals surface area contributed by atoms with Gasteiger partial charge < -0.3 is 15.2 Å². The molecule has 0 aromatic carbocycles. The fourth-order valence-corrected chi connectivity index (χ4v) is 3.89. The van der Waals surface area contributed by atoms with Gasteiger partial charge in [0.1, 0.15) is 0 Å². The van der Waals surface area contributed by atoms with Crippen LogP contribution >= 0.6 is 0 Å². The Morgan fingerprint density at radius 1 is 1.44 bits per heavy atom. The zero-order chi connectivity index (χ0) is 17.7. The van der Waals surface area contributed by atoms with Gasteiger partial charge in [-0.05, 0) is 50.6 Å². The molecule has 6 heteroatoms. The van der Waals surface area contributed by atoms with E-state index < -0.39 is 0 Å². The number of pyridine rings is 1. The minimum absolute atomic E-state index is 0.0582. The average molecular weight is 342 g/mol. The first-order chi connectivity index (χ1) is 12.0. The quantitative estimate of drug-likeness (QED) is 0.923. The van der Waals surface area contributed by atoms with Gasteiger partial charge in [0.15, 0.2) is 0 Å². The van der Waals surface area contributed by atoms with Gasteiger partial charge in [0.05, 0.1) is 16.6 Å². The third kappa shape index (κ3) is 2.82. The first-order valence-corrected chi connectivity index (χ1v) is 9.30. The molecular formula is C19H26N4O2. The van der Waals surface area contributed by atoms with Gasteiger partial charge in [-0.25, -0.2) is 4.98 Å². The Morgan fingerprint density at radius 2 is 2.20 bits per heavy atom. The highest BCUT2D eigenvalue weighted by Crippen LogP contribution is 2.41. The number of likely N-dealkylation sites (tertiary alicyclic amines) is 1. The number of amides is 1. The van der Waals surface area contributed by atoms with E-state index in [1.807, 2.05) is 11.0 Å². The van der Waals surface area contributed by atoms with Crippen LogP contribution in [0.4, 0.5) is 0 Å². The van der Waals surface area contributed by atoms with E-state index >= 15 is 0 Å². The topological polar surface area (TPSA) is 85.2 Å². The van der Waals surface area contributed by atoms with Crippen molar-refractivity contribution in [2.24, 2.45) is 11.7 Å². The van der Waals surface area contributed by atoms with E-state index in [0.717, 1.165) is 42.6 Å². The number of rotatable bonds is 4. The third-order valence-electron chi connectivity index (χ3n) is 5.52. The third-order valence-corrected chi connectivity index (χ3v) is 5.52. The van der Waals surface area contributed by atoms with Gasteiger partial charge in [-0.2, -0.15) is 0 Å². The van der Waals surface area contributed by atoms with Crippen molar-refractivity contribution in [3.05, 3.63) is 23.0 Å². The first kappa shape index (κ1) is 16.5. The van der Waals surface area contributed by atoms with E-state index in [0.29, 0.717) is 29.7 Å². The Kier molecular flexibility index (Phi) is 4.02. The molecule has 2 aliphatic rings. The van der Waals surface area contributed by atoms with Crippen LogP contribution in [0.25, 0.3) is 11.1 Å². The fraction of sp³-hybridized carbons (Fsp3) is 0.632. The Morgan fingerprint density at radius 3 is 2.80 bits per heavy atom. The maximum absolute atomic E-state index is 13.4. The Hall–Kier alpha value is -1.95. The summed E-state index contributed by atoms with van der Waals surface area (Å²) in [6.45, 7) is 7.57. The highest BCUT2D eigenvalue weighted by Gasteiger charge is 2.35. The minimum Gasteiger partial charge on any atom is -0.336 e. The van der Waals surface area contributed by atoms with Crippen LogP contribution < -0.4 is 5.73 Å². The van der Waals surface area contributed by atoms with Crippen molar-refractivity contribution in [3.8, 4) is 0 Å². The predicted octanol–water partition coefficient (Wildman–Crippen LogP) is 3.03. The number of hydrogen-bond acceptors (Lipinski definition) is 5. The number of nitrogens with zero attached hydrogens (tertiary/aromatic N) is 3. The van der Waals surface area contributed by atoms with E-state index in [9.17, 15) is 4.79 Å². The minimum atomic E-state index is 0.0582. The number of carbonyl (C=O) groups excluding carboxylic acids is 1. The van der Waals surface area contributed by atoms with Crippen molar-refractivity contribution in [2.45, 2.75) is 57.9 Å². The maximum atomic E-state index is 13.4. The molecule has 2 fully saturated rings. The van der Waals surface area contributed by atoms with Gasteiger partial charge in [-0.1, -0.05) is 19.0 Å². The van der Waals surface area contributed by atoms with E-state index in [-0.39, 0.29) is 17.9 Å². The second kappa shape index (κ2) is 6.09. The van der Waals surface area contributed by atoms with Crippen LogP contribution in [0.3, 0.4) is 0 Å². The molecule has 25 heavy (non-hydrogen) atoms. The normalized spacial score (nSPS) is 23.8. The van der Waals surface area contributed by atoms with Gasteiger partial charge in [0, 0.05) is 24.2 Å². The molecule has 0 spiro atoms. The van der Waals surface area contributed by atoms with Crippen LogP contribution in [0.1, 0.15) is 73.6 Å². The van der Waals surface area contributed by atoms with Crippen LogP contribution in [0.15, 0.2) is 10.6 Å². The second-order valence-electron chi connectivity index (χ2n) is 7.92. The first-order valence-electron chi connectivity index (χ1n) is 9.30. The molecule has 4 rings (SSSR count). The molecule has 2 aromatic rings. The van der Waals surface area contributed by atoms with Gasteiger partial charge >= 0.3 is 0 Å². The lowest BCUT2D eigenvalue weighted by Crippen LogP contribution is -2.34. The lowest BCUT2D eigenvalue weighted by atomic mass is 10.0. The number of fused-ring (bicyclic) bond motifs is 1. The van der Waals surface area contributed by atoms with Gasteiger partial charge in [0.25, 0.3) is 11.6 Å². The van der Waals surface area contributed by atoms with Crippen molar-refractivity contribution >= 4 is 17.0 Å². The monoisotopic (exact) mass is 342 g/mol. The van der Waals surface area contributed by atoms with Gasteiger partial charge in [0.2, 0.25) is 0 Å². The molecule has 1 saturated carbocycles.